The zero-order valence-corrected chi connectivity index (χ0v) is 11.1. The van der Waals surface area contributed by atoms with Gasteiger partial charge in [0, 0.05) is 18.0 Å². The van der Waals surface area contributed by atoms with E-state index in [0.29, 0.717) is 6.04 Å². The van der Waals surface area contributed by atoms with E-state index in [0.717, 1.165) is 32.3 Å². The summed E-state index contributed by atoms with van der Waals surface area (Å²) in [6, 6.07) is 0.623. The molecule has 4 nitrogen and oxygen atoms in total. The number of guanidine groups is 1. The average molecular weight is 239 g/mol. The molecule has 2 fully saturated rings. The number of nitrogens with zero attached hydrogens (tertiary/aromatic N) is 1. The molecule has 1 aliphatic carbocycles. The first-order chi connectivity index (χ1) is 8.22. The topological polar surface area (TPSA) is 45.7 Å². The molecule has 0 radical (unpaired) electrons. The molecule has 0 spiro atoms. The summed E-state index contributed by atoms with van der Waals surface area (Å²) in [6.07, 6.45) is 5.26. The van der Waals surface area contributed by atoms with Crippen molar-refractivity contribution in [1.82, 2.24) is 10.6 Å². The zero-order valence-electron chi connectivity index (χ0n) is 11.1. The summed E-state index contributed by atoms with van der Waals surface area (Å²) >= 11 is 0. The summed E-state index contributed by atoms with van der Waals surface area (Å²) in [6.45, 7) is 7.82. The Bertz CT molecular complexity index is 268. The van der Waals surface area contributed by atoms with E-state index in [1.54, 1.807) is 0 Å². The molecular weight excluding hydrogens is 214 g/mol. The Balaban J connectivity index is 1.83. The highest BCUT2D eigenvalue weighted by Gasteiger charge is 2.33. The van der Waals surface area contributed by atoms with Crippen molar-refractivity contribution >= 4 is 5.96 Å². The molecule has 0 aromatic carbocycles. The maximum Gasteiger partial charge on any atom is 0.191 e. The van der Waals surface area contributed by atoms with E-state index in [-0.39, 0.29) is 5.41 Å². The van der Waals surface area contributed by atoms with Crippen molar-refractivity contribution < 1.29 is 4.74 Å². The molecule has 1 saturated heterocycles. The number of nitrogens with one attached hydrogen (secondary N) is 2. The van der Waals surface area contributed by atoms with Crippen LogP contribution in [-0.2, 0) is 4.74 Å². The lowest BCUT2D eigenvalue weighted by atomic mass is 9.89. The molecule has 0 amide bonds. The molecule has 2 N–H and O–H groups in total. The van der Waals surface area contributed by atoms with Gasteiger partial charge in [0.05, 0.1) is 19.8 Å². The lowest BCUT2D eigenvalue weighted by Crippen LogP contribution is -2.46. The Morgan fingerprint density at radius 2 is 2.06 bits per heavy atom. The number of hydrogen-bond donors (Lipinski definition) is 2. The molecule has 0 unspecified atom stereocenters. The second-order valence-corrected chi connectivity index (χ2v) is 5.62. The third kappa shape index (κ3) is 3.60. The SMILES string of the molecule is CCNC(=NCC1(C)COC1)NC1CCCC1. The van der Waals surface area contributed by atoms with Crippen molar-refractivity contribution in [3.8, 4) is 0 Å². The van der Waals surface area contributed by atoms with Crippen LogP contribution in [0.15, 0.2) is 4.99 Å². The fourth-order valence-corrected chi connectivity index (χ4v) is 2.40. The van der Waals surface area contributed by atoms with Gasteiger partial charge >= 0.3 is 0 Å². The van der Waals surface area contributed by atoms with E-state index >= 15 is 0 Å². The predicted molar refractivity (Wildman–Crippen MR) is 70.3 cm³/mol. The first kappa shape index (κ1) is 12.7. The average Bonchev–Trinajstić information content (AvgIpc) is 2.76. The summed E-state index contributed by atoms with van der Waals surface area (Å²) in [5, 5.41) is 6.86. The Labute approximate surface area is 104 Å². The Hall–Kier alpha value is -0.770. The van der Waals surface area contributed by atoms with Crippen LogP contribution in [0.5, 0.6) is 0 Å². The minimum Gasteiger partial charge on any atom is -0.380 e. The molecule has 0 aromatic rings. The lowest BCUT2D eigenvalue weighted by Gasteiger charge is -2.36. The Kier molecular flexibility index (Phi) is 4.26. The van der Waals surface area contributed by atoms with Crippen LogP contribution in [0.3, 0.4) is 0 Å². The van der Waals surface area contributed by atoms with Crippen LogP contribution >= 0.6 is 0 Å². The van der Waals surface area contributed by atoms with E-state index in [1.807, 2.05) is 0 Å². The first-order valence-electron chi connectivity index (χ1n) is 6.84. The Morgan fingerprint density at radius 3 is 2.59 bits per heavy atom. The molecule has 0 atom stereocenters. The molecule has 0 bridgehead atoms. The number of aliphatic imine (C=N–C) groups is 1. The van der Waals surface area contributed by atoms with E-state index in [1.165, 1.54) is 25.7 Å². The van der Waals surface area contributed by atoms with Crippen molar-refractivity contribution in [3.63, 3.8) is 0 Å². The van der Waals surface area contributed by atoms with Gasteiger partial charge in [0.25, 0.3) is 0 Å². The van der Waals surface area contributed by atoms with Crippen molar-refractivity contribution in [2.45, 2.75) is 45.6 Å². The van der Waals surface area contributed by atoms with Gasteiger partial charge in [-0.05, 0) is 19.8 Å². The third-order valence-electron chi connectivity index (χ3n) is 3.56. The summed E-state index contributed by atoms with van der Waals surface area (Å²) in [7, 11) is 0. The summed E-state index contributed by atoms with van der Waals surface area (Å²) in [4.78, 5) is 4.69. The molecule has 0 aromatic heterocycles. The van der Waals surface area contributed by atoms with Gasteiger partial charge in [-0.1, -0.05) is 19.8 Å². The van der Waals surface area contributed by atoms with Crippen molar-refractivity contribution in [2.75, 3.05) is 26.3 Å². The monoisotopic (exact) mass is 239 g/mol. The zero-order chi connectivity index (χ0) is 12.1. The largest absolute Gasteiger partial charge is 0.380 e. The van der Waals surface area contributed by atoms with Crippen LogP contribution in [0.1, 0.15) is 39.5 Å². The van der Waals surface area contributed by atoms with Crippen LogP contribution in [0.25, 0.3) is 0 Å². The van der Waals surface area contributed by atoms with E-state index < -0.39 is 0 Å². The van der Waals surface area contributed by atoms with Gasteiger partial charge in [0.1, 0.15) is 0 Å². The first-order valence-corrected chi connectivity index (χ1v) is 6.84. The molecule has 1 heterocycles. The maximum atomic E-state index is 5.25. The van der Waals surface area contributed by atoms with E-state index in [4.69, 9.17) is 4.74 Å². The van der Waals surface area contributed by atoms with Gasteiger partial charge in [0.15, 0.2) is 5.96 Å². The molecule has 2 aliphatic rings. The molecule has 17 heavy (non-hydrogen) atoms. The van der Waals surface area contributed by atoms with Gasteiger partial charge < -0.3 is 15.4 Å². The van der Waals surface area contributed by atoms with Crippen molar-refractivity contribution in [3.05, 3.63) is 0 Å². The fourth-order valence-electron chi connectivity index (χ4n) is 2.40. The molecule has 1 aliphatic heterocycles. The predicted octanol–water partition coefficient (Wildman–Crippen LogP) is 1.52. The van der Waals surface area contributed by atoms with Crippen LogP contribution in [0, 0.1) is 5.41 Å². The second-order valence-electron chi connectivity index (χ2n) is 5.62. The molecule has 98 valence electrons. The highest BCUT2D eigenvalue weighted by atomic mass is 16.5. The highest BCUT2D eigenvalue weighted by molar-refractivity contribution is 5.80. The van der Waals surface area contributed by atoms with E-state index in [9.17, 15) is 0 Å². The molecule has 2 rings (SSSR count). The van der Waals surface area contributed by atoms with Gasteiger partial charge in [-0.2, -0.15) is 0 Å². The van der Waals surface area contributed by atoms with Gasteiger partial charge in [-0.3, -0.25) is 4.99 Å². The molecule has 4 heteroatoms. The molecule has 1 saturated carbocycles. The lowest BCUT2D eigenvalue weighted by molar-refractivity contribution is -0.0945. The second kappa shape index (κ2) is 5.71. The standard InChI is InChI=1S/C13H25N3O/c1-3-14-12(16-11-6-4-5-7-11)15-8-13(2)9-17-10-13/h11H,3-10H2,1-2H3,(H2,14,15,16). The van der Waals surface area contributed by atoms with Crippen LogP contribution in [-0.4, -0.2) is 38.3 Å². The van der Waals surface area contributed by atoms with Crippen LogP contribution < -0.4 is 10.6 Å². The summed E-state index contributed by atoms with van der Waals surface area (Å²) < 4.78 is 5.25. The highest BCUT2D eigenvalue weighted by Crippen LogP contribution is 2.26. The normalized spacial score (nSPS) is 24.5. The van der Waals surface area contributed by atoms with Crippen molar-refractivity contribution in [2.24, 2.45) is 10.4 Å². The number of ether oxygens (including phenoxy) is 1. The fraction of sp³-hybridized carbons (Fsp3) is 0.923. The summed E-state index contributed by atoms with van der Waals surface area (Å²) in [5.41, 5.74) is 0.262. The van der Waals surface area contributed by atoms with E-state index in [2.05, 4.69) is 29.5 Å². The van der Waals surface area contributed by atoms with Crippen molar-refractivity contribution in [1.29, 1.82) is 0 Å². The quantitative estimate of drug-likeness (QED) is 0.577. The van der Waals surface area contributed by atoms with Gasteiger partial charge in [-0.25, -0.2) is 0 Å². The third-order valence-corrected chi connectivity index (χ3v) is 3.56. The molecular formula is C13H25N3O. The van der Waals surface area contributed by atoms with Crippen LogP contribution in [0.4, 0.5) is 0 Å². The number of rotatable bonds is 4. The maximum absolute atomic E-state index is 5.25. The Morgan fingerprint density at radius 1 is 1.35 bits per heavy atom. The minimum atomic E-state index is 0.262. The van der Waals surface area contributed by atoms with Gasteiger partial charge in [-0.15, -0.1) is 0 Å². The minimum absolute atomic E-state index is 0.262. The number of hydrogen-bond acceptors (Lipinski definition) is 2. The smallest absolute Gasteiger partial charge is 0.191 e. The van der Waals surface area contributed by atoms with Gasteiger partial charge in [0.2, 0.25) is 0 Å². The summed E-state index contributed by atoms with van der Waals surface area (Å²) in [5.74, 6) is 0.979. The van der Waals surface area contributed by atoms with Crippen LogP contribution in [0.2, 0.25) is 0 Å².